The number of benzene rings is 1. The van der Waals surface area contributed by atoms with E-state index >= 15 is 0 Å². The van der Waals surface area contributed by atoms with Gasteiger partial charge >= 0.3 is 0 Å². The number of pyridine rings is 1. The van der Waals surface area contributed by atoms with Gasteiger partial charge in [0.15, 0.2) is 0 Å². The van der Waals surface area contributed by atoms with Gasteiger partial charge in [0.05, 0.1) is 13.7 Å². The lowest BCUT2D eigenvalue weighted by atomic mass is 10.1. The number of carbonyl (C=O) groups excluding carboxylic acids is 2. The van der Waals surface area contributed by atoms with Crippen LogP contribution in [0.25, 0.3) is 0 Å². The van der Waals surface area contributed by atoms with E-state index in [0.717, 1.165) is 16.8 Å². The molecule has 0 aliphatic rings. The van der Waals surface area contributed by atoms with Crippen LogP contribution >= 0.6 is 0 Å². The van der Waals surface area contributed by atoms with Crippen LogP contribution in [0, 0.1) is 13.8 Å². The SMILES string of the molecule is C=CC(=O)N(C)c1ccc(C(=O)N(C)Cc2c(C)cc(C)nc2OC)cc1. The molecule has 0 atom stereocenters. The number of carbonyl (C=O) groups is 2. The van der Waals surface area contributed by atoms with Gasteiger partial charge in [0.25, 0.3) is 5.91 Å². The summed E-state index contributed by atoms with van der Waals surface area (Å²) < 4.78 is 5.37. The Hall–Kier alpha value is -3.15. The number of hydrogen-bond acceptors (Lipinski definition) is 4. The summed E-state index contributed by atoms with van der Waals surface area (Å²) in [5, 5.41) is 0. The molecule has 27 heavy (non-hydrogen) atoms. The van der Waals surface area contributed by atoms with Gasteiger partial charge in [0.1, 0.15) is 0 Å². The summed E-state index contributed by atoms with van der Waals surface area (Å²) in [5.41, 5.74) is 4.01. The van der Waals surface area contributed by atoms with E-state index in [0.29, 0.717) is 23.7 Å². The number of aromatic nitrogens is 1. The Morgan fingerprint density at radius 2 is 1.81 bits per heavy atom. The van der Waals surface area contributed by atoms with Crippen LogP contribution in [0.4, 0.5) is 5.69 Å². The molecular formula is C21H25N3O3. The van der Waals surface area contributed by atoms with Crippen LogP contribution in [0.1, 0.15) is 27.2 Å². The van der Waals surface area contributed by atoms with Crippen LogP contribution < -0.4 is 9.64 Å². The zero-order valence-electron chi connectivity index (χ0n) is 16.4. The Kier molecular flexibility index (Phi) is 6.34. The fourth-order valence-electron chi connectivity index (χ4n) is 2.81. The molecule has 0 aliphatic heterocycles. The van der Waals surface area contributed by atoms with E-state index in [-0.39, 0.29) is 11.8 Å². The first kappa shape index (κ1) is 20.2. The molecule has 0 fully saturated rings. The lowest BCUT2D eigenvalue weighted by molar-refractivity contribution is -0.113. The minimum absolute atomic E-state index is 0.124. The number of ether oxygens (including phenoxy) is 1. The maximum absolute atomic E-state index is 12.8. The van der Waals surface area contributed by atoms with E-state index in [1.165, 1.54) is 11.0 Å². The van der Waals surface area contributed by atoms with Crippen molar-refractivity contribution in [1.29, 1.82) is 0 Å². The summed E-state index contributed by atoms with van der Waals surface area (Å²) in [5.74, 6) is 0.203. The minimum atomic E-state index is -0.208. The second-order valence-electron chi connectivity index (χ2n) is 6.38. The summed E-state index contributed by atoms with van der Waals surface area (Å²) in [7, 11) is 4.97. The van der Waals surface area contributed by atoms with Gasteiger partial charge in [-0.25, -0.2) is 4.98 Å². The van der Waals surface area contributed by atoms with Crippen molar-refractivity contribution in [3.63, 3.8) is 0 Å². The van der Waals surface area contributed by atoms with Gasteiger partial charge in [-0.1, -0.05) is 6.58 Å². The lowest BCUT2D eigenvalue weighted by Crippen LogP contribution is -2.27. The molecule has 142 valence electrons. The highest BCUT2D eigenvalue weighted by Gasteiger charge is 2.17. The van der Waals surface area contributed by atoms with Gasteiger partial charge in [-0.15, -0.1) is 0 Å². The monoisotopic (exact) mass is 367 g/mol. The molecule has 6 heteroatoms. The van der Waals surface area contributed by atoms with Crippen molar-refractivity contribution in [2.24, 2.45) is 0 Å². The summed E-state index contributed by atoms with van der Waals surface area (Å²) in [6, 6.07) is 8.86. The second-order valence-corrected chi connectivity index (χ2v) is 6.38. The van der Waals surface area contributed by atoms with E-state index < -0.39 is 0 Å². The van der Waals surface area contributed by atoms with E-state index in [9.17, 15) is 9.59 Å². The predicted octanol–water partition coefficient (Wildman–Crippen LogP) is 3.13. The number of hydrogen-bond donors (Lipinski definition) is 0. The average molecular weight is 367 g/mol. The molecule has 2 amide bonds. The molecule has 0 aliphatic carbocycles. The van der Waals surface area contributed by atoms with E-state index in [2.05, 4.69) is 11.6 Å². The lowest BCUT2D eigenvalue weighted by Gasteiger charge is -2.21. The third kappa shape index (κ3) is 4.53. The molecule has 0 N–H and O–H groups in total. The topological polar surface area (TPSA) is 62.7 Å². The highest BCUT2D eigenvalue weighted by Crippen LogP contribution is 2.23. The first-order valence-electron chi connectivity index (χ1n) is 8.55. The molecule has 1 aromatic heterocycles. The quantitative estimate of drug-likeness (QED) is 0.736. The van der Waals surface area contributed by atoms with E-state index in [4.69, 9.17) is 4.74 Å². The molecule has 0 spiro atoms. The van der Waals surface area contributed by atoms with Gasteiger partial charge in [-0.05, 0) is 55.8 Å². The smallest absolute Gasteiger partial charge is 0.253 e. The zero-order valence-corrected chi connectivity index (χ0v) is 16.4. The summed E-state index contributed by atoms with van der Waals surface area (Å²) >= 11 is 0. The van der Waals surface area contributed by atoms with Gasteiger partial charge in [-0.3, -0.25) is 9.59 Å². The van der Waals surface area contributed by atoms with Crippen molar-refractivity contribution in [2.75, 3.05) is 26.1 Å². The molecule has 0 radical (unpaired) electrons. The second kappa shape index (κ2) is 8.49. The number of rotatable bonds is 6. The molecule has 0 bridgehead atoms. The molecular weight excluding hydrogens is 342 g/mol. The van der Waals surface area contributed by atoms with Gasteiger partial charge in [0, 0.05) is 36.6 Å². The Labute approximate surface area is 160 Å². The third-order valence-corrected chi connectivity index (χ3v) is 4.38. The first-order valence-corrected chi connectivity index (χ1v) is 8.55. The number of methoxy groups -OCH3 is 1. The number of anilines is 1. The molecule has 0 saturated carbocycles. The standard InChI is InChI=1S/C21H25N3O3/c1-7-19(25)24(5)17-10-8-16(9-11-17)21(26)23(4)13-18-14(2)12-15(3)22-20(18)27-6/h7-12H,1,13H2,2-6H3. The Morgan fingerprint density at radius 1 is 1.19 bits per heavy atom. The van der Waals surface area contributed by atoms with Crippen LogP contribution in [0.15, 0.2) is 43.0 Å². The number of likely N-dealkylation sites (N-methyl/N-ethyl adjacent to an activating group) is 1. The molecule has 1 heterocycles. The van der Waals surface area contributed by atoms with Crippen molar-refractivity contribution in [1.82, 2.24) is 9.88 Å². The Bertz CT molecular complexity index is 860. The van der Waals surface area contributed by atoms with E-state index in [1.54, 1.807) is 50.4 Å². The predicted molar refractivity (Wildman–Crippen MR) is 106 cm³/mol. The van der Waals surface area contributed by atoms with Crippen LogP contribution in [-0.4, -0.2) is 42.9 Å². The summed E-state index contributed by atoms with van der Waals surface area (Å²) in [6.07, 6.45) is 1.25. The van der Waals surface area contributed by atoms with Crippen LogP contribution in [-0.2, 0) is 11.3 Å². The molecule has 0 unspecified atom stereocenters. The van der Waals surface area contributed by atoms with Crippen molar-refractivity contribution < 1.29 is 14.3 Å². The average Bonchev–Trinajstić information content (AvgIpc) is 2.67. The molecule has 0 saturated heterocycles. The van der Waals surface area contributed by atoms with Crippen molar-refractivity contribution in [3.8, 4) is 5.88 Å². The Balaban J connectivity index is 2.19. The largest absolute Gasteiger partial charge is 0.481 e. The van der Waals surface area contributed by atoms with Gasteiger partial charge in [0.2, 0.25) is 11.8 Å². The fourth-order valence-corrected chi connectivity index (χ4v) is 2.81. The van der Waals surface area contributed by atoms with Crippen LogP contribution in [0.3, 0.4) is 0 Å². The van der Waals surface area contributed by atoms with Crippen LogP contribution in [0.5, 0.6) is 5.88 Å². The van der Waals surface area contributed by atoms with Crippen molar-refractivity contribution >= 4 is 17.5 Å². The zero-order chi connectivity index (χ0) is 20.1. The number of amides is 2. The third-order valence-electron chi connectivity index (χ3n) is 4.38. The van der Waals surface area contributed by atoms with Crippen LogP contribution in [0.2, 0.25) is 0 Å². The fraction of sp³-hybridized carbons (Fsp3) is 0.286. The maximum Gasteiger partial charge on any atom is 0.253 e. The summed E-state index contributed by atoms with van der Waals surface area (Å²) in [4.78, 5) is 31.9. The Morgan fingerprint density at radius 3 is 2.37 bits per heavy atom. The van der Waals surface area contributed by atoms with Crippen molar-refractivity contribution in [2.45, 2.75) is 20.4 Å². The van der Waals surface area contributed by atoms with Gasteiger partial charge in [-0.2, -0.15) is 0 Å². The van der Waals surface area contributed by atoms with E-state index in [1.807, 2.05) is 19.9 Å². The molecule has 6 nitrogen and oxygen atoms in total. The highest BCUT2D eigenvalue weighted by atomic mass is 16.5. The molecule has 2 aromatic rings. The number of aryl methyl sites for hydroxylation is 2. The number of nitrogens with zero attached hydrogens (tertiary/aromatic N) is 3. The summed E-state index contributed by atoms with van der Waals surface area (Å²) in [6.45, 7) is 7.75. The molecule has 2 rings (SSSR count). The first-order chi connectivity index (χ1) is 12.8. The maximum atomic E-state index is 12.8. The van der Waals surface area contributed by atoms with Gasteiger partial charge < -0.3 is 14.5 Å². The molecule has 1 aromatic carbocycles. The van der Waals surface area contributed by atoms with Crippen molar-refractivity contribution in [3.05, 3.63) is 65.4 Å². The minimum Gasteiger partial charge on any atom is -0.481 e. The highest BCUT2D eigenvalue weighted by molar-refractivity contribution is 6.01. The normalized spacial score (nSPS) is 10.3.